The van der Waals surface area contributed by atoms with Gasteiger partial charge in [0.25, 0.3) is 0 Å². The number of hydrogen-bond acceptors (Lipinski definition) is 4. The monoisotopic (exact) mass is 299 g/mol. The molecule has 2 rings (SSSR count). The molecule has 2 unspecified atom stereocenters. The van der Waals surface area contributed by atoms with Crippen molar-refractivity contribution >= 4 is 10.0 Å². The van der Waals surface area contributed by atoms with E-state index in [0.29, 0.717) is 11.5 Å². The summed E-state index contributed by atoms with van der Waals surface area (Å²) >= 11 is 0. The van der Waals surface area contributed by atoms with Gasteiger partial charge in [-0.1, -0.05) is 19.4 Å². The number of rotatable bonds is 7. The predicted octanol–water partition coefficient (Wildman–Crippen LogP) is 1.65. The minimum absolute atomic E-state index is 0.0437. The van der Waals surface area contributed by atoms with Gasteiger partial charge in [-0.05, 0) is 36.5 Å². The van der Waals surface area contributed by atoms with Crippen molar-refractivity contribution in [3.8, 4) is 5.75 Å². The fourth-order valence-corrected chi connectivity index (χ4v) is 3.85. The highest BCUT2D eigenvalue weighted by Gasteiger charge is 2.39. The summed E-state index contributed by atoms with van der Waals surface area (Å²) in [7, 11) is -2.15. The van der Waals surface area contributed by atoms with Gasteiger partial charge >= 0.3 is 0 Å². The molecule has 2 atom stereocenters. The van der Waals surface area contributed by atoms with E-state index in [4.69, 9.17) is 9.84 Å². The molecule has 1 aromatic carbocycles. The van der Waals surface area contributed by atoms with Gasteiger partial charge in [-0.3, -0.25) is 0 Å². The van der Waals surface area contributed by atoms with Gasteiger partial charge in [-0.2, -0.15) is 0 Å². The van der Waals surface area contributed by atoms with Crippen molar-refractivity contribution in [3.63, 3.8) is 0 Å². The second kappa shape index (κ2) is 6.11. The Bertz CT molecular complexity index is 571. The summed E-state index contributed by atoms with van der Waals surface area (Å²) < 4.78 is 32.6. The van der Waals surface area contributed by atoms with Gasteiger partial charge < -0.3 is 9.84 Å². The van der Waals surface area contributed by atoms with Gasteiger partial charge in [0, 0.05) is 6.04 Å². The molecule has 0 spiro atoms. The zero-order valence-electron chi connectivity index (χ0n) is 11.8. The number of nitrogens with one attached hydrogen (secondary N) is 1. The fraction of sp³-hybridized carbons (Fsp3) is 0.571. The summed E-state index contributed by atoms with van der Waals surface area (Å²) in [5, 5.41) is 9.08. The summed E-state index contributed by atoms with van der Waals surface area (Å²) in [5.74, 6) is 0.717. The third-order valence-electron chi connectivity index (χ3n) is 3.59. The molecule has 0 radical (unpaired) electrons. The number of sulfonamides is 1. The standard InChI is InChI=1S/C14H21NO4S/c1-3-4-11-8-12(11)15-20(17,18)14-6-5-10(9-16)7-13(14)19-2/h5-7,11-12,15-16H,3-4,8-9H2,1-2H3. The van der Waals surface area contributed by atoms with Crippen molar-refractivity contribution in [2.24, 2.45) is 5.92 Å². The molecule has 1 aliphatic rings. The molecule has 0 aliphatic heterocycles. The van der Waals surface area contributed by atoms with Crippen molar-refractivity contribution in [2.75, 3.05) is 7.11 Å². The van der Waals surface area contributed by atoms with Crippen LogP contribution in [0, 0.1) is 5.92 Å². The number of aliphatic hydroxyl groups is 1. The molecule has 1 saturated carbocycles. The Morgan fingerprint density at radius 3 is 2.80 bits per heavy atom. The van der Waals surface area contributed by atoms with Crippen molar-refractivity contribution in [3.05, 3.63) is 23.8 Å². The van der Waals surface area contributed by atoms with Gasteiger partial charge in [0.1, 0.15) is 10.6 Å². The minimum Gasteiger partial charge on any atom is -0.495 e. The number of aliphatic hydroxyl groups excluding tert-OH is 1. The van der Waals surface area contributed by atoms with Crippen LogP contribution in [0.15, 0.2) is 23.1 Å². The molecule has 0 amide bonds. The zero-order chi connectivity index (χ0) is 14.8. The molecule has 0 heterocycles. The van der Waals surface area contributed by atoms with Gasteiger partial charge in [0.15, 0.2) is 0 Å². The van der Waals surface area contributed by atoms with Crippen LogP contribution in [0.25, 0.3) is 0 Å². The summed E-state index contributed by atoms with van der Waals surface area (Å²) in [6.45, 7) is 1.95. The van der Waals surface area contributed by atoms with E-state index in [9.17, 15) is 8.42 Å². The van der Waals surface area contributed by atoms with Gasteiger partial charge in [-0.25, -0.2) is 13.1 Å². The first kappa shape index (κ1) is 15.3. The van der Waals surface area contributed by atoms with E-state index in [1.807, 2.05) is 0 Å². The Labute approximate surface area is 120 Å². The molecule has 112 valence electrons. The van der Waals surface area contributed by atoms with Crippen LogP contribution in [0.1, 0.15) is 31.7 Å². The Balaban J connectivity index is 2.17. The fourth-order valence-electron chi connectivity index (χ4n) is 2.38. The van der Waals surface area contributed by atoms with E-state index in [2.05, 4.69) is 11.6 Å². The first-order valence-corrected chi connectivity index (χ1v) is 8.30. The van der Waals surface area contributed by atoms with Gasteiger partial charge in [0.2, 0.25) is 10.0 Å². The van der Waals surface area contributed by atoms with Crippen molar-refractivity contribution in [2.45, 2.75) is 43.7 Å². The second-order valence-electron chi connectivity index (χ2n) is 5.16. The van der Waals surface area contributed by atoms with Crippen LogP contribution in [-0.4, -0.2) is 26.7 Å². The highest BCUT2D eigenvalue weighted by molar-refractivity contribution is 7.89. The molecule has 5 nitrogen and oxygen atoms in total. The molecule has 0 bridgehead atoms. The van der Waals surface area contributed by atoms with Crippen molar-refractivity contribution in [1.82, 2.24) is 4.72 Å². The topological polar surface area (TPSA) is 75.6 Å². The summed E-state index contributed by atoms with van der Waals surface area (Å²) in [5.41, 5.74) is 0.621. The van der Waals surface area contributed by atoms with Crippen LogP contribution in [0.3, 0.4) is 0 Å². The largest absolute Gasteiger partial charge is 0.495 e. The van der Waals surface area contributed by atoms with Gasteiger partial charge in [0.05, 0.1) is 13.7 Å². The second-order valence-corrected chi connectivity index (χ2v) is 6.84. The summed E-state index contributed by atoms with van der Waals surface area (Å²) in [4.78, 5) is 0.124. The first-order chi connectivity index (χ1) is 9.51. The van der Waals surface area contributed by atoms with Crippen LogP contribution >= 0.6 is 0 Å². The third kappa shape index (κ3) is 3.31. The van der Waals surface area contributed by atoms with Crippen molar-refractivity contribution in [1.29, 1.82) is 0 Å². The zero-order valence-corrected chi connectivity index (χ0v) is 12.6. The van der Waals surface area contributed by atoms with Crippen molar-refractivity contribution < 1.29 is 18.3 Å². The Morgan fingerprint density at radius 1 is 1.45 bits per heavy atom. The molecular weight excluding hydrogens is 278 g/mol. The molecule has 1 aliphatic carbocycles. The molecule has 6 heteroatoms. The minimum atomic E-state index is -3.57. The van der Waals surface area contributed by atoms with E-state index in [0.717, 1.165) is 19.3 Å². The summed E-state index contributed by atoms with van der Waals surface area (Å²) in [6, 6.07) is 4.66. The molecule has 1 fully saturated rings. The maximum Gasteiger partial charge on any atom is 0.244 e. The maximum atomic E-state index is 12.4. The molecular formula is C14H21NO4S. The van der Waals surface area contributed by atoms with Crippen LogP contribution in [0.2, 0.25) is 0 Å². The van der Waals surface area contributed by atoms with E-state index < -0.39 is 10.0 Å². The first-order valence-electron chi connectivity index (χ1n) is 6.82. The SMILES string of the molecule is CCCC1CC1NS(=O)(=O)c1ccc(CO)cc1OC. The lowest BCUT2D eigenvalue weighted by Gasteiger charge is -2.11. The number of methoxy groups -OCH3 is 1. The number of hydrogen-bond donors (Lipinski definition) is 2. The average molecular weight is 299 g/mol. The van der Waals surface area contributed by atoms with E-state index in [-0.39, 0.29) is 23.3 Å². The van der Waals surface area contributed by atoms with Crippen LogP contribution in [0.4, 0.5) is 0 Å². The molecule has 20 heavy (non-hydrogen) atoms. The Kier molecular flexibility index (Phi) is 4.67. The number of benzene rings is 1. The quantitative estimate of drug-likeness (QED) is 0.803. The molecule has 1 aromatic rings. The van der Waals surface area contributed by atoms with Crippen LogP contribution < -0.4 is 9.46 Å². The highest BCUT2D eigenvalue weighted by atomic mass is 32.2. The lowest BCUT2D eigenvalue weighted by atomic mass is 10.2. The normalized spacial score (nSPS) is 21.8. The van der Waals surface area contributed by atoms with Crippen LogP contribution in [0.5, 0.6) is 5.75 Å². The Morgan fingerprint density at radius 2 is 2.20 bits per heavy atom. The smallest absolute Gasteiger partial charge is 0.244 e. The lowest BCUT2D eigenvalue weighted by Crippen LogP contribution is -2.27. The molecule has 0 aromatic heterocycles. The van der Waals surface area contributed by atoms with E-state index in [1.54, 1.807) is 12.1 Å². The van der Waals surface area contributed by atoms with E-state index in [1.165, 1.54) is 13.2 Å². The third-order valence-corrected chi connectivity index (χ3v) is 5.12. The maximum absolute atomic E-state index is 12.4. The highest BCUT2D eigenvalue weighted by Crippen LogP contribution is 2.36. The van der Waals surface area contributed by atoms with Gasteiger partial charge in [-0.15, -0.1) is 0 Å². The lowest BCUT2D eigenvalue weighted by molar-refractivity contribution is 0.280. The average Bonchev–Trinajstić information content (AvgIpc) is 3.15. The predicted molar refractivity (Wildman–Crippen MR) is 76.0 cm³/mol. The van der Waals surface area contributed by atoms with E-state index >= 15 is 0 Å². The molecule has 0 saturated heterocycles. The number of ether oxygens (including phenoxy) is 1. The summed E-state index contributed by atoms with van der Waals surface area (Å²) in [6.07, 6.45) is 3.02. The Hall–Kier alpha value is -1.11. The molecule has 2 N–H and O–H groups in total. The van der Waals surface area contributed by atoms with Crippen LogP contribution in [-0.2, 0) is 16.6 Å².